The van der Waals surface area contributed by atoms with Crippen LogP contribution in [-0.4, -0.2) is 95.6 Å². The van der Waals surface area contributed by atoms with Crippen LogP contribution in [0.15, 0.2) is 70.5 Å². The highest BCUT2D eigenvalue weighted by atomic mass is 32.2. The highest BCUT2D eigenvalue weighted by Crippen LogP contribution is 2.54. The highest BCUT2D eigenvalue weighted by Gasteiger charge is 2.53. The van der Waals surface area contributed by atoms with Crippen molar-refractivity contribution in [1.82, 2.24) is 10.2 Å². The molecule has 4 aromatic rings. The number of carbonyl (C=O) groups is 3. The van der Waals surface area contributed by atoms with Gasteiger partial charge in [0.15, 0.2) is 0 Å². The summed E-state index contributed by atoms with van der Waals surface area (Å²) < 4.78 is 147. The molecular weight excluding hydrogens is 1000 g/mol. The summed E-state index contributed by atoms with van der Waals surface area (Å²) in [5.74, 6) is -4.14. The standard InChI is InChI=1S/C28H32F3N3O5S.C23H24F3N3O3S/c1-27(2,3)39-26(36)34-10-7-22(21(31)15-34)32-23-13-17(12-19-18(23)14-25(35)28(19)8-4-9-28)33-40(37,38)24-6-5-16(29)11-20(24)30;24-13-2-3-21(17(25)8-13)33(31,32)29-14-9-16-15(11-22(30)23(16)5-1-6-23)20(10-14)28-19-4-7-27-12-18(19)26/h5-6,11-13,21-22,32-33H,4,7-10,14-15H2,1-3H3;2-3,8-10,18-19,27-29H,1,4-7,11-12H2. The number of nitrogens with one attached hydrogen (secondary N) is 5. The number of rotatable bonds is 10. The van der Waals surface area contributed by atoms with Crippen molar-refractivity contribution in [2.24, 2.45) is 0 Å². The Labute approximate surface area is 419 Å². The van der Waals surface area contributed by atoms with Crippen LogP contribution in [-0.2, 0) is 58.0 Å². The second-order valence-corrected chi connectivity index (χ2v) is 24.1. The van der Waals surface area contributed by atoms with Crippen LogP contribution in [0.25, 0.3) is 0 Å². The molecule has 10 rings (SSSR count). The van der Waals surface area contributed by atoms with E-state index in [9.17, 15) is 53.2 Å². The van der Waals surface area contributed by atoms with Crippen molar-refractivity contribution in [2.75, 3.05) is 46.3 Å². The van der Waals surface area contributed by atoms with Gasteiger partial charge in [0, 0.05) is 49.4 Å². The fourth-order valence-electron chi connectivity index (χ4n) is 10.8. The second-order valence-electron chi connectivity index (χ2n) is 20.8. The molecule has 2 heterocycles. The topological polar surface area (TPSA) is 192 Å². The first-order valence-electron chi connectivity index (χ1n) is 24.3. The average molecular weight is 1060 g/mol. The summed E-state index contributed by atoms with van der Waals surface area (Å²) in [6, 6.07) is 9.41. The summed E-state index contributed by atoms with van der Waals surface area (Å²) in [7, 11) is -8.81. The van der Waals surface area contributed by atoms with Crippen LogP contribution in [0.5, 0.6) is 0 Å². The number of carbonyl (C=O) groups excluding carboxylic acids is 3. The largest absolute Gasteiger partial charge is 0.444 e. The lowest BCUT2D eigenvalue weighted by Crippen LogP contribution is -2.51. The van der Waals surface area contributed by atoms with E-state index in [4.69, 9.17) is 4.74 Å². The number of nitrogens with zero attached hydrogens (tertiary/aromatic N) is 1. The van der Waals surface area contributed by atoms with E-state index in [2.05, 4.69) is 25.4 Å². The minimum atomic E-state index is -4.45. The molecule has 5 N–H and O–H groups in total. The fraction of sp³-hybridized carbons (Fsp3) is 0.471. The quantitative estimate of drug-likeness (QED) is 0.0958. The number of sulfonamides is 2. The maximum absolute atomic E-state index is 15.3. The third-order valence-electron chi connectivity index (χ3n) is 14.8. The maximum atomic E-state index is 15.3. The number of halogens is 6. The molecule has 0 radical (unpaired) electrons. The first-order valence-corrected chi connectivity index (χ1v) is 27.2. The molecule has 6 aliphatic rings. The van der Waals surface area contributed by atoms with E-state index >= 15 is 4.39 Å². The second kappa shape index (κ2) is 19.4. The van der Waals surface area contributed by atoms with E-state index in [1.165, 1.54) is 17.0 Å². The van der Waals surface area contributed by atoms with Gasteiger partial charge in [0.05, 0.1) is 40.8 Å². The molecular formula is C51H56F6N6O8S2. The predicted octanol–water partition coefficient (Wildman–Crippen LogP) is 8.50. The summed E-state index contributed by atoms with van der Waals surface area (Å²) in [5, 5.41) is 9.35. The molecule has 4 fully saturated rings. The first-order chi connectivity index (χ1) is 34.4. The number of Topliss-reactive ketones (excluding diaryl/α,β-unsaturated/α-hetero) is 2. The van der Waals surface area contributed by atoms with Gasteiger partial charge in [-0.05, 0) is 137 Å². The van der Waals surface area contributed by atoms with Crippen LogP contribution < -0.4 is 25.4 Å². The summed E-state index contributed by atoms with van der Waals surface area (Å²) in [4.78, 5) is 38.3. The van der Waals surface area contributed by atoms with Gasteiger partial charge < -0.3 is 25.6 Å². The van der Waals surface area contributed by atoms with Crippen LogP contribution in [0.4, 0.5) is 53.9 Å². The van der Waals surface area contributed by atoms with Gasteiger partial charge in [-0.3, -0.25) is 19.0 Å². The van der Waals surface area contributed by atoms with E-state index in [0.29, 0.717) is 73.3 Å². The van der Waals surface area contributed by atoms with E-state index in [1.807, 2.05) is 0 Å². The number of ketones is 2. The van der Waals surface area contributed by atoms with Gasteiger partial charge >= 0.3 is 6.09 Å². The minimum Gasteiger partial charge on any atom is -0.444 e. The van der Waals surface area contributed by atoms with Crippen molar-refractivity contribution in [3.63, 3.8) is 0 Å². The zero-order valence-corrected chi connectivity index (χ0v) is 41.9. The highest BCUT2D eigenvalue weighted by molar-refractivity contribution is 7.93. The van der Waals surface area contributed by atoms with E-state index in [1.54, 1.807) is 32.9 Å². The number of likely N-dealkylation sites (tertiary alicyclic amines) is 1. The zero-order chi connectivity index (χ0) is 52.4. The van der Waals surface area contributed by atoms with Crippen molar-refractivity contribution in [2.45, 2.75) is 136 Å². The van der Waals surface area contributed by atoms with Crippen LogP contribution >= 0.6 is 0 Å². The van der Waals surface area contributed by atoms with Crippen LogP contribution in [0.1, 0.15) is 94.4 Å². The third kappa shape index (κ3) is 10.2. The van der Waals surface area contributed by atoms with E-state index in [0.717, 1.165) is 48.2 Å². The van der Waals surface area contributed by atoms with Gasteiger partial charge in [0.25, 0.3) is 20.0 Å². The molecule has 4 unspecified atom stereocenters. The molecule has 4 aliphatic carbocycles. The smallest absolute Gasteiger partial charge is 0.410 e. The summed E-state index contributed by atoms with van der Waals surface area (Å²) in [6.07, 6.45) is 2.28. The summed E-state index contributed by atoms with van der Waals surface area (Å²) >= 11 is 0. The molecule has 22 heteroatoms. The molecule has 0 bridgehead atoms. The SMILES string of the molecule is CC(C)(C)OC(=O)N1CCC(Nc2cc(NS(=O)(=O)c3ccc(F)cc3F)cc3c2CC(=O)C32CCC2)C(F)C1.O=C1Cc2c(NC3CCNCC3F)cc(NS(=O)(=O)c3ccc(F)cc3F)cc2C12CCC2. The molecule has 2 spiro atoms. The lowest BCUT2D eigenvalue weighted by Gasteiger charge is -2.38. The number of hydrogen-bond acceptors (Lipinski definition) is 11. The lowest BCUT2D eigenvalue weighted by molar-refractivity contribution is -0.126. The van der Waals surface area contributed by atoms with Gasteiger partial charge in [0.2, 0.25) is 0 Å². The predicted molar refractivity (Wildman–Crippen MR) is 260 cm³/mol. The minimum absolute atomic E-state index is 0.0259. The average Bonchev–Trinajstić information content (AvgIpc) is 3.74. The zero-order valence-electron chi connectivity index (χ0n) is 40.3. The molecule has 1 amide bonds. The number of alkyl halides is 2. The molecule has 73 heavy (non-hydrogen) atoms. The lowest BCUT2D eigenvalue weighted by atomic mass is 9.64. The Kier molecular flexibility index (Phi) is 13.8. The van der Waals surface area contributed by atoms with Gasteiger partial charge in [-0.15, -0.1) is 0 Å². The van der Waals surface area contributed by atoms with Crippen LogP contribution in [0, 0.1) is 23.3 Å². The molecule has 2 saturated carbocycles. The number of hydrogen-bond donors (Lipinski definition) is 5. The summed E-state index contributed by atoms with van der Waals surface area (Å²) in [5.41, 5.74) is 1.93. The Morgan fingerprint density at radius 2 is 1.15 bits per heavy atom. The molecule has 392 valence electrons. The number of benzene rings is 4. The van der Waals surface area contributed by atoms with Gasteiger partial charge in [-0.1, -0.05) is 12.8 Å². The number of anilines is 4. The Balaban J connectivity index is 0.000000183. The van der Waals surface area contributed by atoms with Gasteiger partial charge in [-0.25, -0.2) is 48.0 Å². The third-order valence-corrected chi connectivity index (χ3v) is 17.7. The molecule has 2 saturated heterocycles. The Bertz CT molecular complexity index is 3110. The molecule has 4 aromatic carbocycles. The number of amides is 1. The monoisotopic (exact) mass is 1060 g/mol. The van der Waals surface area contributed by atoms with Crippen molar-refractivity contribution in [3.05, 3.63) is 106 Å². The van der Waals surface area contributed by atoms with Crippen molar-refractivity contribution >= 4 is 60.5 Å². The molecule has 14 nitrogen and oxygen atoms in total. The maximum Gasteiger partial charge on any atom is 0.410 e. The number of fused-ring (bicyclic) bond motifs is 4. The summed E-state index contributed by atoms with van der Waals surface area (Å²) in [6.45, 7) is 6.10. The molecule has 0 aromatic heterocycles. The fourth-order valence-corrected chi connectivity index (χ4v) is 13.0. The molecule has 2 aliphatic heterocycles. The van der Waals surface area contributed by atoms with Gasteiger partial charge in [-0.2, -0.15) is 0 Å². The van der Waals surface area contributed by atoms with Crippen molar-refractivity contribution < 1.29 is 62.3 Å². The van der Waals surface area contributed by atoms with Crippen molar-refractivity contribution in [3.8, 4) is 0 Å². The first kappa shape index (κ1) is 52.0. The van der Waals surface area contributed by atoms with E-state index in [-0.39, 0.29) is 61.8 Å². The normalized spacial score (nSPS) is 22.8. The van der Waals surface area contributed by atoms with Crippen molar-refractivity contribution in [1.29, 1.82) is 0 Å². The number of ether oxygens (including phenoxy) is 1. The number of piperidine rings is 2. The van der Waals surface area contributed by atoms with Crippen LogP contribution in [0.2, 0.25) is 0 Å². The Morgan fingerprint density at radius 3 is 1.55 bits per heavy atom. The Hall–Kier alpha value is -5.87. The van der Waals surface area contributed by atoms with E-state index < -0.39 is 100 Å². The Morgan fingerprint density at radius 1 is 0.685 bits per heavy atom. The van der Waals surface area contributed by atoms with Gasteiger partial charge in [0.1, 0.15) is 62.6 Å². The molecule has 4 atom stereocenters. The van der Waals surface area contributed by atoms with Crippen LogP contribution in [0.3, 0.4) is 0 Å².